The minimum Gasteiger partial charge on any atom is -0.484 e. The van der Waals surface area contributed by atoms with Gasteiger partial charge in [0.15, 0.2) is 12.3 Å². The molecule has 1 amide bonds. The number of fused-ring (bicyclic) bond motifs is 2. The highest BCUT2D eigenvalue weighted by molar-refractivity contribution is 5.92. The second kappa shape index (κ2) is 7.39. The first-order chi connectivity index (χ1) is 14.2. The molecule has 2 aromatic heterocycles. The van der Waals surface area contributed by atoms with Crippen molar-refractivity contribution in [2.24, 2.45) is 0 Å². The molecular formula is C23H19N3O3. The van der Waals surface area contributed by atoms with Gasteiger partial charge in [0.2, 0.25) is 5.89 Å². The molecule has 1 aliphatic rings. The molecule has 0 spiro atoms. The number of ether oxygens (including phenoxy) is 1. The van der Waals surface area contributed by atoms with Gasteiger partial charge in [0.25, 0.3) is 5.91 Å². The monoisotopic (exact) mass is 385 g/mol. The van der Waals surface area contributed by atoms with E-state index in [9.17, 15) is 4.79 Å². The Morgan fingerprint density at radius 1 is 1.10 bits per heavy atom. The Hall–Kier alpha value is -3.67. The highest BCUT2D eigenvalue weighted by Gasteiger charge is 2.24. The molecule has 2 heterocycles. The Kier molecular flexibility index (Phi) is 4.44. The summed E-state index contributed by atoms with van der Waals surface area (Å²) in [5.41, 5.74) is 3.75. The van der Waals surface area contributed by atoms with Gasteiger partial charge in [-0.15, -0.1) is 0 Å². The minimum absolute atomic E-state index is 0.0857. The van der Waals surface area contributed by atoms with Gasteiger partial charge in [0, 0.05) is 17.6 Å². The smallest absolute Gasteiger partial charge is 0.273 e. The number of amides is 1. The Balaban J connectivity index is 1.19. The number of aromatic nitrogens is 2. The molecule has 0 atom stereocenters. The quantitative estimate of drug-likeness (QED) is 0.567. The van der Waals surface area contributed by atoms with Gasteiger partial charge in [0.1, 0.15) is 12.0 Å². The maximum Gasteiger partial charge on any atom is 0.273 e. The Morgan fingerprint density at radius 3 is 2.76 bits per heavy atom. The van der Waals surface area contributed by atoms with Crippen LogP contribution in [0.1, 0.15) is 27.5 Å². The molecule has 0 bridgehead atoms. The molecule has 29 heavy (non-hydrogen) atoms. The van der Waals surface area contributed by atoms with Crippen molar-refractivity contribution in [2.75, 3.05) is 0 Å². The summed E-state index contributed by atoms with van der Waals surface area (Å²) in [7, 11) is 0. The van der Waals surface area contributed by atoms with Crippen molar-refractivity contribution in [2.45, 2.75) is 25.5 Å². The standard InChI is InChI=1S/C23H19N3O3/c27-23(25-18-10-15-4-1-2-5-16(15)11-18)21-13-29-22(26-21)14-28-19-7-8-20-17(12-19)6-3-9-24-20/h1-9,12-13,18H,10-11,14H2,(H,25,27). The van der Waals surface area contributed by atoms with E-state index in [1.54, 1.807) is 6.20 Å². The molecule has 0 fully saturated rings. The van der Waals surface area contributed by atoms with Crippen LogP contribution in [0.3, 0.4) is 0 Å². The number of hydrogen-bond donors (Lipinski definition) is 1. The lowest BCUT2D eigenvalue weighted by Gasteiger charge is -2.10. The largest absolute Gasteiger partial charge is 0.484 e. The molecule has 0 aliphatic heterocycles. The average molecular weight is 385 g/mol. The molecule has 6 nitrogen and oxygen atoms in total. The fraction of sp³-hybridized carbons (Fsp3) is 0.174. The zero-order chi connectivity index (χ0) is 19.6. The van der Waals surface area contributed by atoms with Gasteiger partial charge in [-0.2, -0.15) is 0 Å². The van der Waals surface area contributed by atoms with E-state index in [-0.39, 0.29) is 24.2 Å². The van der Waals surface area contributed by atoms with Crippen LogP contribution < -0.4 is 10.1 Å². The van der Waals surface area contributed by atoms with Crippen molar-refractivity contribution in [3.8, 4) is 5.75 Å². The van der Waals surface area contributed by atoms with Crippen LogP contribution in [-0.2, 0) is 19.4 Å². The highest BCUT2D eigenvalue weighted by Crippen LogP contribution is 2.22. The summed E-state index contributed by atoms with van der Waals surface area (Å²) in [4.78, 5) is 21.1. The van der Waals surface area contributed by atoms with Crippen LogP contribution in [0.25, 0.3) is 10.9 Å². The van der Waals surface area contributed by atoms with E-state index in [1.165, 1.54) is 17.4 Å². The summed E-state index contributed by atoms with van der Waals surface area (Å²) in [5.74, 6) is 0.823. The molecule has 6 heteroatoms. The van der Waals surface area contributed by atoms with Crippen molar-refractivity contribution in [3.05, 3.63) is 89.8 Å². The Morgan fingerprint density at radius 2 is 1.93 bits per heavy atom. The van der Waals surface area contributed by atoms with E-state index in [1.807, 2.05) is 42.5 Å². The van der Waals surface area contributed by atoms with Crippen molar-refractivity contribution in [3.63, 3.8) is 0 Å². The molecule has 1 aliphatic carbocycles. The highest BCUT2D eigenvalue weighted by atomic mass is 16.5. The summed E-state index contributed by atoms with van der Waals surface area (Å²) in [5, 5.41) is 4.04. The third-order valence-electron chi connectivity index (χ3n) is 5.11. The van der Waals surface area contributed by atoms with Crippen molar-refractivity contribution >= 4 is 16.8 Å². The second-order valence-corrected chi connectivity index (χ2v) is 7.12. The third-order valence-corrected chi connectivity index (χ3v) is 5.11. The molecule has 0 saturated carbocycles. The van der Waals surface area contributed by atoms with Crippen LogP contribution in [0.5, 0.6) is 5.75 Å². The topological polar surface area (TPSA) is 77.2 Å². The lowest BCUT2D eigenvalue weighted by Crippen LogP contribution is -2.35. The van der Waals surface area contributed by atoms with Gasteiger partial charge in [-0.05, 0) is 48.2 Å². The number of nitrogens with one attached hydrogen (secondary N) is 1. The summed E-state index contributed by atoms with van der Waals surface area (Å²) >= 11 is 0. The predicted octanol–water partition coefficient (Wildman–Crippen LogP) is 3.70. The number of benzene rings is 2. The van der Waals surface area contributed by atoms with E-state index in [0.29, 0.717) is 11.6 Å². The summed E-state index contributed by atoms with van der Waals surface area (Å²) < 4.78 is 11.2. The molecule has 1 N–H and O–H groups in total. The first kappa shape index (κ1) is 17.4. The number of oxazole rings is 1. The van der Waals surface area contributed by atoms with Crippen LogP contribution >= 0.6 is 0 Å². The first-order valence-corrected chi connectivity index (χ1v) is 9.54. The van der Waals surface area contributed by atoms with Crippen LogP contribution in [0.2, 0.25) is 0 Å². The molecule has 0 radical (unpaired) electrons. The van der Waals surface area contributed by atoms with Gasteiger partial charge in [-0.3, -0.25) is 9.78 Å². The molecule has 2 aromatic carbocycles. The van der Waals surface area contributed by atoms with Crippen molar-refractivity contribution in [1.82, 2.24) is 15.3 Å². The maximum atomic E-state index is 12.5. The van der Waals surface area contributed by atoms with E-state index in [0.717, 1.165) is 23.7 Å². The van der Waals surface area contributed by atoms with Gasteiger partial charge < -0.3 is 14.5 Å². The third kappa shape index (κ3) is 3.69. The number of carbonyl (C=O) groups is 1. The van der Waals surface area contributed by atoms with Gasteiger partial charge in [0.05, 0.1) is 5.52 Å². The Labute approximate surface area is 167 Å². The summed E-state index contributed by atoms with van der Waals surface area (Å²) in [6.45, 7) is 0.147. The van der Waals surface area contributed by atoms with Crippen LogP contribution in [0.4, 0.5) is 0 Å². The molecular weight excluding hydrogens is 366 g/mol. The second-order valence-electron chi connectivity index (χ2n) is 7.12. The van der Waals surface area contributed by atoms with Crippen molar-refractivity contribution in [1.29, 1.82) is 0 Å². The number of pyridine rings is 1. The number of carbonyl (C=O) groups excluding carboxylic acids is 1. The summed E-state index contributed by atoms with van der Waals surface area (Å²) in [6, 6.07) is 17.9. The van der Waals surface area contributed by atoms with E-state index in [4.69, 9.17) is 9.15 Å². The molecule has 0 saturated heterocycles. The van der Waals surface area contributed by atoms with Gasteiger partial charge >= 0.3 is 0 Å². The van der Waals surface area contributed by atoms with Crippen molar-refractivity contribution < 1.29 is 13.9 Å². The molecule has 4 aromatic rings. The first-order valence-electron chi connectivity index (χ1n) is 9.54. The number of hydrogen-bond acceptors (Lipinski definition) is 5. The Bertz CT molecular complexity index is 1160. The van der Waals surface area contributed by atoms with E-state index in [2.05, 4.69) is 27.4 Å². The van der Waals surface area contributed by atoms with Crippen LogP contribution in [0.15, 0.2) is 71.5 Å². The summed E-state index contributed by atoms with van der Waals surface area (Å²) in [6.07, 6.45) is 4.81. The number of nitrogens with zero attached hydrogens (tertiary/aromatic N) is 2. The van der Waals surface area contributed by atoms with E-state index >= 15 is 0 Å². The predicted molar refractivity (Wildman–Crippen MR) is 108 cm³/mol. The molecule has 144 valence electrons. The van der Waals surface area contributed by atoms with E-state index < -0.39 is 0 Å². The molecule has 5 rings (SSSR count). The lowest BCUT2D eigenvalue weighted by atomic mass is 10.1. The average Bonchev–Trinajstić information content (AvgIpc) is 3.38. The SMILES string of the molecule is O=C(NC1Cc2ccccc2C1)c1coc(COc2ccc3ncccc3c2)n1. The zero-order valence-corrected chi connectivity index (χ0v) is 15.7. The van der Waals surface area contributed by atoms with Crippen LogP contribution in [-0.4, -0.2) is 21.9 Å². The van der Waals surface area contributed by atoms with Gasteiger partial charge in [-0.25, -0.2) is 4.98 Å². The van der Waals surface area contributed by atoms with Crippen LogP contribution in [0, 0.1) is 0 Å². The fourth-order valence-corrected chi connectivity index (χ4v) is 3.69. The number of rotatable bonds is 5. The zero-order valence-electron chi connectivity index (χ0n) is 15.7. The fourth-order valence-electron chi connectivity index (χ4n) is 3.69. The molecule has 0 unspecified atom stereocenters. The normalized spacial score (nSPS) is 13.4. The maximum absolute atomic E-state index is 12.5. The minimum atomic E-state index is -0.227. The lowest BCUT2D eigenvalue weighted by molar-refractivity contribution is 0.0933. The van der Waals surface area contributed by atoms with Gasteiger partial charge in [-0.1, -0.05) is 30.3 Å².